The average Bonchev–Trinajstić information content (AvgIpc) is 3.66. The number of esters is 2. The summed E-state index contributed by atoms with van der Waals surface area (Å²) >= 11 is 0. The van der Waals surface area contributed by atoms with Crippen molar-refractivity contribution in [2.45, 2.75) is 194 Å². The molecule has 0 aromatic carbocycles. The molecule has 1 heterocycles. The summed E-state index contributed by atoms with van der Waals surface area (Å²) in [5.41, 5.74) is 2.62. The smallest absolute Gasteiger partial charge is 0.466 e. The third-order valence-corrected chi connectivity index (χ3v) is 13.0. The van der Waals surface area contributed by atoms with Gasteiger partial charge in [-0.05, 0) is 69.9 Å². The van der Waals surface area contributed by atoms with E-state index < -0.39 is 44.7 Å². The molecule has 14 heteroatoms. The number of carbonyl (C=O) groups excluding carboxylic acids is 3. The molecule has 13 nitrogen and oxygen atoms in total. The summed E-state index contributed by atoms with van der Waals surface area (Å²) in [6.45, 7) is 8.30. The van der Waals surface area contributed by atoms with Crippen molar-refractivity contribution in [1.29, 1.82) is 0 Å². The van der Waals surface area contributed by atoms with Crippen LogP contribution in [0.4, 0.5) is 0 Å². The summed E-state index contributed by atoms with van der Waals surface area (Å²) in [4.78, 5) is 48.4. The molecule has 0 bridgehead atoms. The Balaban J connectivity index is 1.74. The molecule has 64 heavy (non-hydrogen) atoms. The van der Waals surface area contributed by atoms with E-state index >= 15 is 0 Å². The number of phosphoric acid groups is 1. The van der Waals surface area contributed by atoms with Crippen LogP contribution in [0, 0.1) is 25.7 Å². The van der Waals surface area contributed by atoms with E-state index in [2.05, 4.69) is 27.7 Å². The second-order valence-electron chi connectivity index (χ2n) is 18.9. The van der Waals surface area contributed by atoms with Crippen LogP contribution in [0.15, 0.2) is 28.7 Å². The third-order valence-electron chi connectivity index (χ3n) is 12.1. The lowest BCUT2D eigenvalue weighted by molar-refractivity contribution is -0.870. The average molecular weight is 925 g/mol. The Morgan fingerprint density at radius 2 is 1.41 bits per heavy atom. The molecule has 1 aliphatic carbocycles. The van der Waals surface area contributed by atoms with Crippen molar-refractivity contribution < 1.29 is 61.5 Å². The maximum absolute atomic E-state index is 12.8. The molecule has 3 N–H and O–H groups in total. The van der Waals surface area contributed by atoms with Gasteiger partial charge in [0.25, 0.3) is 0 Å². The molecule has 0 spiro atoms. The van der Waals surface area contributed by atoms with Gasteiger partial charge in [0.15, 0.2) is 6.10 Å². The lowest BCUT2D eigenvalue weighted by Gasteiger charge is -2.24. The molecule has 0 saturated heterocycles. The largest absolute Gasteiger partial charge is 0.472 e. The lowest BCUT2D eigenvalue weighted by Crippen LogP contribution is -2.37. The van der Waals surface area contributed by atoms with Gasteiger partial charge in [-0.15, -0.1) is 0 Å². The van der Waals surface area contributed by atoms with E-state index in [9.17, 15) is 34.1 Å². The van der Waals surface area contributed by atoms with Gasteiger partial charge in [-0.2, -0.15) is 0 Å². The van der Waals surface area contributed by atoms with Crippen LogP contribution < -0.4 is 0 Å². The monoisotopic (exact) mass is 925 g/mol. The minimum atomic E-state index is -4.46. The molecule has 0 amide bonds. The molecule has 1 aliphatic rings. The van der Waals surface area contributed by atoms with Crippen molar-refractivity contribution >= 4 is 25.5 Å². The number of aliphatic hydroxyl groups is 2. The molecule has 2 rings (SSSR count). The zero-order chi connectivity index (χ0) is 47.4. The van der Waals surface area contributed by atoms with Gasteiger partial charge in [0.05, 0.1) is 40.0 Å². The maximum Gasteiger partial charge on any atom is 0.472 e. The van der Waals surface area contributed by atoms with Crippen molar-refractivity contribution in [2.24, 2.45) is 11.8 Å². The summed E-state index contributed by atoms with van der Waals surface area (Å²) in [6.07, 6.45) is 24.1. The van der Waals surface area contributed by atoms with E-state index in [1.54, 1.807) is 12.2 Å². The second-order valence-corrected chi connectivity index (χ2v) is 20.3. The third kappa shape index (κ3) is 25.3. The maximum atomic E-state index is 12.8. The Kier molecular flexibility index (Phi) is 28.9. The number of hydrogen-bond donors (Lipinski definition) is 3. The number of allylic oxidation sites excluding steroid dienone is 2. The van der Waals surface area contributed by atoms with Gasteiger partial charge < -0.3 is 33.5 Å². The number of quaternary nitrogens is 1. The standard InChI is InChI=1S/C50H86NO12P/c1-8-10-20-26-41(52)32-33-44-43(45(53)36-46(44)54)27-22-18-19-24-30-49(55)59-37-42(38-61-64(57,58)60-35-34-51(5,6)7)62-50(56)31-25-17-15-13-12-14-16-23-29-48-40(4)39(3)47(63-48)28-21-11-9-2/h18,22,32-33,41-44,46,52,54H,8-17,19-21,23-31,34-38H2,1-7H3/p+1/b22-18-,33-32+/t41-,42+,43+,44+,46+/m0/s1. The van der Waals surface area contributed by atoms with Gasteiger partial charge in [-0.25, -0.2) is 4.57 Å². The predicted octanol–water partition coefficient (Wildman–Crippen LogP) is 10.2. The van der Waals surface area contributed by atoms with Crippen LogP contribution in [-0.2, 0) is 50.3 Å². The number of phosphoric ester groups is 1. The van der Waals surface area contributed by atoms with Crippen LogP contribution >= 0.6 is 7.82 Å². The van der Waals surface area contributed by atoms with Gasteiger partial charge in [0.2, 0.25) is 0 Å². The number of rotatable bonds is 37. The molecule has 368 valence electrons. The van der Waals surface area contributed by atoms with Crippen LogP contribution in [0.2, 0.25) is 0 Å². The van der Waals surface area contributed by atoms with Crippen LogP contribution in [-0.4, -0.2) is 103 Å². The van der Waals surface area contributed by atoms with Gasteiger partial charge in [-0.3, -0.25) is 23.4 Å². The highest BCUT2D eigenvalue weighted by Gasteiger charge is 2.39. The molecule has 1 fully saturated rings. The van der Waals surface area contributed by atoms with Crippen molar-refractivity contribution in [3.8, 4) is 0 Å². The SMILES string of the molecule is CCCCCc1oc(CCCCCCCCCCC(=O)O[C@H](COC(=O)CCC/C=C\C[C@H]2C(=O)C[C@@H](O)[C@@H]2/C=C/[C@@H](O)CCCCC)COP(=O)(O)OCC[N+](C)(C)C)c(C)c1C. The Labute approximate surface area is 385 Å². The Morgan fingerprint density at radius 1 is 0.812 bits per heavy atom. The number of aryl methyl sites for hydroxylation is 2. The minimum Gasteiger partial charge on any atom is -0.466 e. The van der Waals surface area contributed by atoms with E-state index in [1.807, 2.05) is 33.3 Å². The fourth-order valence-electron chi connectivity index (χ4n) is 7.82. The molecule has 6 atom stereocenters. The minimum absolute atomic E-state index is 0.00121. The Hall–Kier alpha value is -2.64. The zero-order valence-electron chi connectivity index (χ0n) is 40.7. The van der Waals surface area contributed by atoms with E-state index in [-0.39, 0.29) is 50.1 Å². The number of Topliss-reactive ketones (excluding diaryl/α,β-unsaturated/α-hetero) is 1. The van der Waals surface area contributed by atoms with Crippen molar-refractivity contribution in [1.82, 2.24) is 0 Å². The van der Waals surface area contributed by atoms with Gasteiger partial charge in [0, 0.05) is 43.9 Å². The number of hydrogen-bond acceptors (Lipinski definition) is 11. The number of aliphatic hydroxyl groups excluding tert-OH is 2. The van der Waals surface area contributed by atoms with Gasteiger partial charge in [-0.1, -0.05) is 109 Å². The number of ether oxygens (including phenoxy) is 2. The fraction of sp³-hybridized carbons (Fsp3) is 0.780. The fourth-order valence-corrected chi connectivity index (χ4v) is 8.56. The molecule has 1 saturated carbocycles. The summed E-state index contributed by atoms with van der Waals surface area (Å²) in [5, 5.41) is 20.7. The zero-order valence-corrected chi connectivity index (χ0v) is 41.6. The van der Waals surface area contributed by atoms with E-state index in [0.29, 0.717) is 43.1 Å². The Bertz CT molecular complexity index is 1580. The number of furan rings is 1. The van der Waals surface area contributed by atoms with Gasteiger partial charge in [0.1, 0.15) is 37.1 Å². The highest BCUT2D eigenvalue weighted by atomic mass is 31.2. The normalized spacial score (nSPS) is 18.8. The van der Waals surface area contributed by atoms with E-state index in [1.165, 1.54) is 30.4 Å². The quantitative estimate of drug-likeness (QED) is 0.0189. The highest BCUT2D eigenvalue weighted by Crippen LogP contribution is 2.43. The summed E-state index contributed by atoms with van der Waals surface area (Å²) in [6, 6.07) is 0. The molecular formula is C50H87NO12P+. The topological polar surface area (TPSA) is 179 Å². The molecule has 1 unspecified atom stereocenters. The van der Waals surface area contributed by atoms with Crippen molar-refractivity contribution in [3.63, 3.8) is 0 Å². The van der Waals surface area contributed by atoms with Crippen LogP contribution in [0.25, 0.3) is 0 Å². The molecule has 0 aliphatic heterocycles. The summed E-state index contributed by atoms with van der Waals surface area (Å²) in [7, 11) is 1.31. The van der Waals surface area contributed by atoms with E-state index in [4.69, 9.17) is 22.9 Å². The highest BCUT2D eigenvalue weighted by molar-refractivity contribution is 7.47. The predicted molar refractivity (Wildman–Crippen MR) is 252 cm³/mol. The molecule has 0 radical (unpaired) electrons. The lowest BCUT2D eigenvalue weighted by atomic mass is 9.90. The summed E-state index contributed by atoms with van der Waals surface area (Å²) < 4.78 is 40.6. The Morgan fingerprint density at radius 3 is 2.05 bits per heavy atom. The van der Waals surface area contributed by atoms with Crippen molar-refractivity contribution in [2.75, 3.05) is 47.5 Å². The first-order valence-corrected chi connectivity index (χ1v) is 26.0. The van der Waals surface area contributed by atoms with Gasteiger partial charge >= 0.3 is 19.8 Å². The van der Waals surface area contributed by atoms with Crippen LogP contribution in [0.1, 0.15) is 171 Å². The number of unbranched alkanes of at least 4 members (excludes halogenated alkanes) is 12. The molecular weight excluding hydrogens is 838 g/mol. The first-order chi connectivity index (χ1) is 30.5. The number of ketones is 1. The van der Waals surface area contributed by atoms with Crippen LogP contribution in [0.5, 0.6) is 0 Å². The number of carbonyl (C=O) groups is 3. The van der Waals surface area contributed by atoms with Crippen molar-refractivity contribution in [3.05, 3.63) is 47.0 Å². The number of likely N-dealkylation sites (N-methyl/N-ethyl adjacent to an activating group) is 1. The molecule has 1 aromatic rings. The summed E-state index contributed by atoms with van der Waals surface area (Å²) in [5.74, 6) is 0.570. The first kappa shape index (κ1) is 57.5. The molecule has 1 aromatic heterocycles. The van der Waals surface area contributed by atoms with E-state index in [0.717, 1.165) is 88.6 Å². The van der Waals surface area contributed by atoms with Crippen LogP contribution in [0.3, 0.4) is 0 Å². The number of nitrogens with zero attached hydrogens (tertiary/aromatic N) is 1. The first-order valence-electron chi connectivity index (χ1n) is 24.5. The second kappa shape index (κ2) is 32.1.